The molecule has 0 amide bonds. The van der Waals surface area contributed by atoms with Crippen molar-refractivity contribution in [3.8, 4) is 44.5 Å². The molecule has 2 fully saturated rings. The average Bonchev–Trinajstić information content (AvgIpc) is 3.62. The molecule has 11 rings (SSSR count). The number of thioether (sulfide) groups is 2. The Bertz CT molecular complexity index is 2520. The van der Waals surface area contributed by atoms with Crippen LogP contribution in [-0.4, -0.2) is 9.49 Å². The van der Waals surface area contributed by atoms with Crippen LogP contribution in [0.2, 0.25) is 0 Å². The van der Waals surface area contributed by atoms with Crippen molar-refractivity contribution >= 4 is 45.1 Å². The summed E-state index contributed by atoms with van der Waals surface area (Å²) in [6, 6.07) is 51.6. The Morgan fingerprint density at radius 1 is 0.357 bits per heavy atom. The van der Waals surface area contributed by atoms with Gasteiger partial charge >= 0.3 is 0 Å². The number of hydrogen-bond donors (Lipinski definition) is 0. The fraction of sp³-hybridized carbons (Fsp3) is 0.296. The molecule has 0 aromatic heterocycles. The van der Waals surface area contributed by atoms with Crippen molar-refractivity contribution in [1.82, 2.24) is 0 Å². The van der Waals surface area contributed by atoms with E-state index in [0.717, 1.165) is 0 Å². The maximum absolute atomic E-state index is 2.55. The highest BCUT2D eigenvalue weighted by Gasteiger charge is 2.54. The van der Waals surface area contributed by atoms with Crippen LogP contribution in [0.4, 0.5) is 0 Å². The second-order valence-electron chi connectivity index (χ2n) is 18.2. The van der Waals surface area contributed by atoms with Crippen molar-refractivity contribution in [3.05, 3.63) is 145 Å². The van der Waals surface area contributed by atoms with E-state index in [4.69, 9.17) is 0 Å². The molecule has 7 aromatic carbocycles. The first-order chi connectivity index (χ1) is 27.2. The van der Waals surface area contributed by atoms with E-state index in [2.05, 4.69) is 185 Å². The molecule has 2 aliphatic heterocycles. The second kappa shape index (κ2) is 12.6. The van der Waals surface area contributed by atoms with Gasteiger partial charge in [0.15, 0.2) is 0 Å². The molecule has 0 N–H and O–H groups in total. The molecule has 2 aliphatic carbocycles. The largest absolute Gasteiger partial charge is 0.118 e. The lowest BCUT2D eigenvalue weighted by atomic mass is 9.64. The van der Waals surface area contributed by atoms with Crippen LogP contribution in [0.1, 0.15) is 90.2 Å². The highest BCUT2D eigenvalue weighted by molar-refractivity contribution is 8.01. The molecule has 0 bridgehead atoms. The van der Waals surface area contributed by atoms with E-state index < -0.39 is 0 Å². The summed E-state index contributed by atoms with van der Waals surface area (Å²) in [7, 11) is 0. The van der Waals surface area contributed by atoms with E-state index in [1.165, 1.54) is 127 Å². The number of rotatable bonds is 4. The molecule has 7 aromatic rings. The van der Waals surface area contributed by atoms with Gasteiger partial charge in [-0.3, -0.25) is 0 Å². The van der Waals surface area contributed by atoms with Gasteiger partial charge in [0.05, 0.1) is 0 Å². The Hall–Kier alpha value is -4.24. The molecule has 2 saturated carbocycles. The first-order valence-corrected chi connectivity index (χ1v) is 22.6. The third-order valence-corrected chi connectivity index (χ3v) is 18.6. The quantitative estimate of drug-likeness (QED) is 0.164. The van der Waals surface area contributed by atoms with Gasteiger partial charge in [-0.1, -0.05) is 137 Å². The first kappa shape index (κ1) is 35.0. The fourth-order valence-electron chi connectivity index (χ4n) is 11.5. The van der Waals surface area contributed by atoms with Gasteiger partial charge in [0.2, 0.25) is 0 Å². The Labute approximate surface area is 341 Å². The summed E-state index contributed by atoms with van der Waals surface area (Å²) in [5.74, 6) is 0. The van der Waals surface area contributed by atoms with E-state index in [1.807, 2.05) is 0 Å². The average molecular weight is 763 g/mol. The summed E-state index contributed by atoms with van der Waals surface area (Å²) in [4.78, 5) is 2.98. The molecule has 56 heavy (non-hydrogen) atoms. The summed E-state index contributed by atoms with van der Waals surface area (Å²) >= 11 is 4.27. The maximum Gasteiger partial charge on any atom is 0.0273 e. The predicted molar refractivity (Wildman–Crippen MR) is 243 cm³/mol. The molecule has 4 atom stereocenters. The Balaban J connectivity index is 1.13. The van der Waals surface area contributed by atoms with Crippen molar-refractivity contribution in [2.24, 2.45) is 0 Å². The van der Waals surface area contributed by atoms with Crippen LogP contribution < -0.4 is 0 Å². The molecule has 0 spiro atoms. The molecular formula is C54H50S2. The van der Waals surface area contributed by atoms with E-state index in [-0.39, 0.29) is 20.3 Å². The number of benzene rings is 7. The number of fused-ring (bicyclic) bond motifs is 8. The lowest BCUT2D eigenvalue weighted by Gasteiger charge is -2.45. The van der Waals surface area contributed by atoms with Crippen LogP contribution in [0.3, 0.4) is 0 Å². The van der Waals surface area contributed by atoms with Crippen molar-refractivity contribution in [2.45, 2.75) is 109 Å². The van der Waals surface area contributed by atoms with E-state index in [9.17, 15) is 0 Å². The van der Waals surface area contributed by atoms with Crippen LogP contribution in [0.15, 0.2) is 143 Å². The lowest BCUT2D eigenvalue weighted by molar-refractivity contribution is 0.260. The third kappa shape index (κ3) is 5.00. The minimum atomic E-state index is 0.215. The van der Waals surface area contributed by atoms with Gasteiger partial charge in [-0.05, 0) is 153 Å². The van der Waals surface area contributed by atoms with Gasteiger partial charge in [-0.25, -0.2) is 0 Å². The SMILES string of the molecule is CC12CCCCC1(C)c1cc(-c3ccc4c(-c5ccccc5)c5cc(-c6ccc7c(c6)C6(C)CCCCC6(C)S7)ccc5c(-c5ccccc5)c4c3)ccc1S2. The molecule has 0 nitrogen and oxygen atoms in total. The van der Waals surface area contributed by atoms with Crippen LogP contribution in [0, 0.1) is 0 Å². The summed E-state index contributed by atoms with van der Waals surface area (Å²) in [6.45, 7) is 10.1. The fourth-order valence-corrected chi connectivity index (χ4v) is 14.9. The topological polar surface area (TPSA) is 0 Å². The molecule has 2 heteroatoms. The zero-order chi connectivity index (χ0) is 37.9. The summed E-state index contributed by atoms with van der Waals surface area (Å²) < 4.78 is 0.567. The van der Waals surface area contributed by atoms with Crippen molar-refractivity contribution < 1.29 is 0 Å². The minimum Gasteiger partial charge on any atom is -0.118 e. The molecule has 4 unspecified atom stereocenters. The number of hydrogen-bond acceptors (Lipinski definition) is 2. The molecule has 4 aliphatic rings. The maximum atomic E-state index is 2.55. The Morgan fingerprint density at radius 2 is 0.732 bits per heavy atom. The first-order valence-electron chi connectivity index (χ1n) is 21.0. The van der Waals surface area contributed by atoms with Gasteiger partial charge in [0.1, 0.15) is 0 Å². The molecule has 0 radical (unpaired) electrons. The smallest absolute Gasteiger partial charge is 0.0273 e. The van der Waals surface area contributed by atoms with Gasteiger partial charge in [0.25, 0.3) is 0 Å². The van der Waals surface area contributed by atoms with Crippen molar-refractivity contribution in [2.75, 3.05) is 0 Å². The third-order valence-electron chi connectivity index (χ3n) is 15.2. The predicted octanol–water partition coefficient (Wildman–Crippen LogP) is 16.1. The Kier molecular flexibility index (Phi) is 7.89. The van der Waals surface area contributed by atoms with E-state index in [1.54, 1.807) is 11.1 Å². The minimum absolute atomic E-state index is 0.215. The summed E-state index contributed by atoms with van der Waals surface area (Å²) in [5.41, 5.74) is 14.0. The van der Waals surface area contributed by atoms with Gasteiger partial charge < -0.3 is 0 Å². The standard InChI is InChI=1S/C54H50S2/c1-51-27-11-13-29-53(51,3)55-47-25-21-39(33-45(47)51)37-19-23-41-43(31-37)49(35-15-7-5-8-16-35)42-24-20-38(32-44(42)50(41)36-17-9-6-10-18-36)40-22-26-48-46(34-40)52(2)28-12-14-30-54(52,4)56-48/h5-10,15-26,31-34H,11-14,27-30H2,1-4H3. The molecule has 2 heterocycles. The zero-order valence-electron chi connectivity index (χ0n) is 33.2. The van der Waals surface area contributed by atoms with Gasteiger partial charge in [-0.15, -0.1) is 23.5 Å². The summed E-state index contributed by atoms with van der Waals surface area (Å²) in [6.07, 6.45) is 10.5. The highest BCUT2D eigenvalue weighted by Crippen LogP contribution is 2.64. The van der Waals surface area contributed by atoms with Crippen molar-refractivity contribution in [3.63, 3.8) is 0 Å². The van der Waals surface area contributed by atoms with Crippen LogP contribution in [-0.2, 0) is 10.8 Å². The van der Waals surface area contributed by atoms with Crippen molar-refractivity contribution in [1.29, 1.82) is 0 Å². The van der Waals surface area contributed by atoms with E-state index >= 15 is 0 Å². The van der Waals surface area contributed by atoms with Crippen LogP contribution in [0.25, 0.3) is 66.1 Å². The molecule has 0 saturated heterocycles. The lowest BCUT2D eigenvalue weighted by Crippen LogP contribution is -2.43. The van der Waals surface area contributed by atoms with Gasteiger partial charge in [0, 0.05) is 30.1 Å². The van der Waals surface area contributed by atoms with E-state index in [0.29, 0.717) is 0 Å². The van der Waals surface area contributed by atoms with Crippen LogP contribution >= 0.6 is 23.5 Å². The Morgan fingerprint density at radius 3 is 1.16 bits per heavy atom. The zero-order valence-corrected chi connectivity index (χ0v) is 34.8. The summed E-state index contributed by atoms with van der Waals surface area (Å²) in [5, 5.41) is 5.25. The molecule has 278 valence electrons. The highest BCUT2D eigenvalue weighted by atomic mass is 32.2. The molecular weight excluding hydrogens is 713 g/mol. The second-order valence-corrected chi connectivity index (χ2v) is 21.3. The van der Waals surface area contributed by atoms with Gasteiger partial charge in [-0.2, -0.15) is 0 Å². The van der Waals surface area contributed by atoms with Crippen LogP contribution in [0.5, 0.6) is 0 Å². The normalized spacial score (nSPS) is 26.5. The monoisotopic (exact) mass is 762 g/mol.